The van der Waals surface area contributed by atoms with E-state index in [9.17, 15) is 0 Å². The van der Waals surface area contributed by atoms with E-state index in [-0.39, 0.29) is 6.10 Å². The molecule has 1 aromatic heterocycles. The van der Waals surface area contributed by atoms with Gasteiger partial charge in [-0.25, -0.2) is 4.98 Å². The summed E-state index contributed by atoms with van der Waals surface area (Å²) in [6, 6.07) is 0.441. The molecule has 0 amide bonds. The minimum atomic E-state index is 0.287. The van der Waals surface area contributed by atoms with Crippen molar-refractivity contribution < 1.29 is 4.74 Å². The molecule has 102 valence electrons. The van der Waals surface area contributed by atoms with Gasteiger partial charge in [0.15, 0.2) is 5.13 Å². The molecule has 2 N–H and O–H groups in total. The molecule has 1 aliphatic heterocycles. The summed E-state index contributed by atoms with van der Waals surface area (Å²) >= 11 is 1.73. The van der Waals surface area contributed by atoms with Gasteiger partial charge >= 0.3 is 0 Å². The molecule has 2 heterocycles. The van der Waals surface area contributed by atoms with Crippen LogP contribution in [0.5, 0.6) is 0 Å². The fraction of sp³-hybridized carbons (Fsp3) is 0.769. The molecule has 0 spiro atoms. The number of nitrogens with zero attached hydrogens (tertiary/aromatic N) is 2. The van der Waals surface area contributed by atoms with Crippen molar-refractivity contribution in [1.82, 2.24) is 4.98 Å². The van der Waals surface area contributed by atoms with Gasteiger partial charge in [-0.1, -0.05) is 13.3 Å². The van der Waals surface area contributed by atoms with Gasteiger partial charge in [0.1, 0.15) is 0 Å². The molecule has 4 nitrogen and oxygen atoms in total. The Morgan fingerprint density at radius 2 is 2.33 bits per heavy atom. The number of ether oxygens (including phenoxy) is 1. The topological polar surface area (TPSA) is 51.4 Å². The van der Waals surface area contributed by atoms with E-state index in [0.717, 1.165) is 31.0 Å². The Morgan fingerprint density at radius 1 is 1.56 bits per heavy atom. The molecular formula is C13H23N3OS. The Kier molecular flexibility index (Phi) is 4.59. The van der Waals surface area contributed by atoms with Crippen LogP contribution in [0.2, 0.25) is 0 Å². The minimum Gasteiger partial charge on any atom is -0.376 e. The summed E-state index contributed by atoms with van der Waals surface area (Å²) in [5.74, 6) is 0. The van der Waals surface area contributed by atoms with E-state index in [0.29, 0.717) is 12.6 Å². The monoisotopic (exact) mass is 269 g/mol. The van der Waals surface area contributed by atoms with E-state index >= 15 is 0 Å². The number of anilines is 1. The summed E-state index contributed by atoms with van der Waals surface area (Å²) in [4.78, 5) is 8.25. The van der Waals surface area contributed by atoms with E-state index in [2.05, 4.69) is 25.8 Å². The number of nitrogens with two attached hydrogens (primary N) is 1. The largest absolute Gasteiger partial charge is 0.376 e. The van der Waals surface area contributed by atoms with Gasteiger partial charge in [0.25, 0.3) is 0 Å². The molecule has 0 bridgehead atoms. The summed E-state index contributed by atoms with van der Waals surface area (Å²) < 4.78 is 5.63. The average molecular weight is 269 g/mol. The van der Waals surface area contributed by atoms with E-state index in [4.69, 9.17) is 15.5 Å². The van der Waals surface area contributed by atoms with Crippen LogP contribution in [-0.2, 0) is 17.7 Å². The van der Waals surface area contributed by atoms with Gasteiger partial charge < -0.3 is 15.4 Å². The average Bonchev–Trinajstić information content (AvgIpc) is 2.95. The fourth-order valence-electron chi connectivity index (χ4n) is 2.48. The first-order chi connectivity index (χ1) is 8.67. The summed E-state index contributed by atoms with van der Waals surface area (Å²) in [6.45, 7) is 5.76. The number of aryl methyl sites for hydroxylation is 1. The second kappa shape index (κ2) is 5.99. The van der Waals surface area contributed by atoms with E-state index < -0.39 is 0 Å². The first-order valence-electron chi connectivity index (χ1n) is 6.70. The quantitative estimate of drug-likeness (QED) is 0.890. The molecule has 1 aromatic rings. The lowest BCUT2D eigenvalue weighted by molar-refractivity contribution is 0.118. The number of thiazole rings is 1. The second-order valence-corrected chi connectivity index (χ2v) is 5.93. The SMILES string of the molecule is CCCc1nc(N(C)C2CCOC2C)sc1CN. The normalized spacial score (nSPS) is 23.6. The first-order valence-corrected chi connectivity index (χ1v) is 7.52. The van der Waals surface area contributed by atoms with Gasteiger partial charge in [-0.05, 0) is 19.8 Å². The van der Waals surface area contributed by atoms with Crippen LogP contribution in [0.1, 0.15) is 37.3 Å². The maximum Gasteiger partial charge on any atom is 0.185 e. The van der Waals surface area contributed by atoms with Gasteiger partial charge in [0.05, 0.1) is 17.8 Å². The van der Waals surface area contributed by atoms with E-state index in [1.165, 1.54) is 10.6 Å². The van der Waals surface area contributed by atoms with Crippen LogP contribution in [0.25, 0.3) is 0 Å². The van der Waals surface area contributed by atoms with Crippen LogP contribution in [0.15, 0.2) is 0 Å². The van der Waals surface area contributed by atoms with Gasteiger partial charge in [0, 0.05) is 25.1 Å². The van der Waals surface area contributed by atoms with Crippen LogP contribution in [-0.4, -0.2) is 30.8 Å². The molecule has 1 fully saturated rings. The number of likely N-dealkylation sites (N-methyl/N-ethyl adjacent to an activating group) is 1. The smallest absolute Gasteiger partial charge is 0.185 e. The maximum atomic E-state index is 5.80. The van der Waals surface area contributed by atoms with Crippen LogP contribution in [0.3, 0.4) is 0 Å². The zero-order valence-corrected chi connectivity index (χ0v) is 12.3. The Bertz CT molecular complexity index is 394. The Morgan fingerprint density at radius 3 is 2.89 bits per heavy atom. The lowest BCUT2D eigenvalue weighted by atomic mass is 10.1. The van der Waals surface area contributed by atoms with Crippen molar-refractivity contribution in [2.45, 2.75) is 51.8 Å². The highest BCUT2D eigenvalue weighted by molar-refractivity contribution is 7.15. The maximum absolute atomic E-state index is 5.80. The zero-order chi connectivity index (χ0) is 13.1. The van der Waals surface area contributed by atoms with Crippen molar-refractivity contribution in [2.75, 3.05) is 18.6 Å². The summed E-state index contributed by atoms with van der Waals surface area (Å²) in [6.07, 6.45) is 3.50. The van der Waals surface area contributed by atoms with E-state index in [1.54, 1.807) is 11.3 Å². The summed E-state index contributed by atoms with van der Waals surface area (Å²) in [5.41, 5.74) is 6.98. The number of hydrogen-bond acceptors (Lipinski definition) is 5. The number of hydrogen-bond donors (Lipinski definition) is 1. The van der Waals surface area contributed by atoms with Crippen LogP contribution < -0.4 is 10.6 Å². The van der Waals surface area contributed by atoms with Gasteiger partial charge in [-0.2, -0.15) is 0 Å². The minimum absolute atomic E-state index is 0.287. The van der Waals surface area contributed by atoms with Crippen LogP contribution >= 0.6 is 11.3 Å². The molecule has 2 atom stereocenters. The van der Waals surface area contributed by atoms with Crippen molar-refractivity contribution in [2.24, 2.45) is 5.73 Å². The third-order valence-corrected chi connectivity index (χ3v) is 4.79. The predicted octanol–water partition coefficient (Wildman–Crippen LogP) is 2.17. The Balaban J connectivity index is 2.16. The molecule has 1 aliphatic rings. The predicted molar refractivity (Wildman–Crippen MR) is 76.2 cm³/mol. The fourth-order valence-corrected chi connectivity index (χ4v) is 3.49. The third kappa shape index (κ3) is 2.68. The molecule has 18 heavy (non-hydrogen) atoms. The highest BCUT2D eigenvalue weighted by Gasteiger charge is 2.29. The van der Waals surface area contributed by atoms with Crippen molar-refractivity contribution in [1.29, 1.82) is 0 Å². The van der Waals surface area contributed by atoms with Gasteiger partial charge in [-0.15, -0.1) is 11.3 Å². The van der Waals surface area contributed by atoms with E-state index in [1.807, 2.05) is 0 Å². The van der Waals surface area contributed by atoms with Gasteiger partial charge in [-0.3, -0.25) is 0 Å². The lowest BCUT2D eigenvalue weighted by Crippen LogP contribution is -2.36. The highest BCUT2D eigenvalue weighted by Crippen LogP contribution is 2.30. The summed E-state index contributed by atoms with van der Waals surface area (Å²) in [7, 11) is 2.12. The standard InChI is InChI=1S/C13H23N3OS/c1-4-5-10-12(8-14)18-13(15-10)16(3)11-6-7-17-9(11)2/h9,11H,4-8,14H2,1-3H3. The lowest BCUT2D eigenvalue weighted by Gasteiger charge is -2.26. The van der Waals surface area contributed by atoms with Crippen molar-refractivity contribution >= 4 is 16.5 Å². The van der Waals surface area contributed by atoms with Gasteiger partial charge in [0.2, 0.25) is 0 Å². The van der Waals surface area contributed by atoms with Crippen molar-refractivity contribution in [3.05, 3.63) is 10.6 Å². The molecular weight excluding hydrogens is 246 g/mol. The molecule has 2 rings (SSSR count). The van der Waals surface area contributed by atoms with Crippen molar-refractivity contribution in [3.63, 3.8) is 0 Å². The van der Waals surface area contributed by atoms with Crippen molar-refractivity contribution in [3.8, 4) is 0 Å². The molecule has 1 saturated heterocycles. The number of rotatable bonds is 5. The molecule has 0 aromatic carbocycles. The third-order valence-electron chi connectivity index (χ3n) is 3.57. The van der Waals surface area contributed by atoms with Crippen LogP contribution in [0.4, 0.5) is 5.13 Å². The molecule has 0 aliphatic carbocycles. The molecule has 0 saturated carbocycles. The molecule has 5 heteroatoms. The molecule has 0 radical (unpaired) electrons. The first kappa shape index (κ1) is 13.8. The molecule has 2 unspecified atom stereocenters. The second-order valence-electron chi connectivity index (χ2n) is 4.86. The number of aromatic nitrogens is 1. The zero-order valence-electron chi connectivity index (χ0n) is 11.5. The summed E-state index contributed by atoms with van der Waals surface area (Å²) in [5, 5.41) is 1.08. The van der Waals surface area contributed by atoms with Crippen LogP contribution in [0, 0.1) is 0 Å². The highest BCUT2D eigenvalue weighted by atomic mass is 32.1. The Labute approximate surface area is 113 Å². The Hall–Kier alpha value is -0.650.